The first-order valence-electron chi connectivity index (χ1n) is 48.3. The lowest BCUT2D eigenvalue weighted by molar-refractivity contribution is -0.207. The zero-order valence-electron chi connectivity index (χ0n) is 83.0. The number of carbonyl (C=O) groups is 6. The second-order valence-electron chi connectivity index (χ2n) is 46.1. The monoisotopic (exact) mass is 1900 g/mol. The highest BCUT2D eigenvalue weighted by Crippen LogP contribution is 2.59. The topological polar surface area (TPSA) is 130 Å². The molecule has 0 saturated heterocycles. The fourth-order valence-electron chi connectivity index (χ4n) is 21.7. The first-order chi connectivity index (χ1) is 62.9. The maximum Gasteiger partial charge on any atom is 0.377 e. The lowest BCUT2D eigenvalue weighted by Crippen LogP contribution is -2.57. The molecule has 6 unspecified atom stereocenters. The number of rotatable bonds is 15. The number of Topliss-reactive ketones (excluding diaryl/α,β-unsaturated/α-hetero) is 3. The molecule has 12 fully saturated rings. The third-order valence-corrected chi connectivity index (χ3v) is 35.2. The Bertz CT molecular complexity index is 5120. The van der Waals surface area contributed by atoms with Crippen molar-refractivity contribution in [3.05, 3.63) is 270 Å². The van der Waals surface area contributed by atoms with Crippen LogP contribution in [0, 0.1) is 53.3 Å². The molecule has 0 aromatic heterocycles. The molecule has 6 atom stereocenters. The Morgan fingerprint density at radius 1 is 0.230 bits per heavy atom. The van der Waals surface area contributed by atoms with Gasteiger partial charge in [-0.3, -0.25) is 14.4 Å². The Hall–Kier alpha value is -8.97. The van der Waals surface area contributed by atoms with Crippen molar-refractivity contribution in [3.8, 4) is 0 Å². The van der Waals surface area contributed by atoms with Crippen LogP contribution in [0.15, 0.2) is 281 Å². The Morgan fingerprint density at radius 3 is 0.504 bits per heavy atom. The number of alkyl halides is 6. The van der Waals surface area contributed by atoms with E-state index in [1.165, 1.54) is 77.4 Å². The van der Waals surface area contributed by atoms with Crippen molar-refractivity contribution >= 4 is 67.9 Å². The third-order valence-electron chi connectivity index (χ3n) is 28.5. The van der Waals surface area contributed by atoms with Gasteiger partial charge in [0.2, 0.25) is 0 Å². The van der Waals surface area contributed by atoms with Gasteiger partial charge in [0.25, 0.3) is 0 Å². The molecule has 0 amide bonds. The molecule has 9 aromatic rings. The molecule has 12 saturated carbocycles. The van der Waals surface area contributed by atoms with Crippen molar-refractivity contribution < 1.29 is 69.3 Å². The fourth-order valence-corrected chi connectivity index (χ4v) is 27.9. The summed E-state index contributed by atoms with van der Waals surface area (Å²) in [5.41, 5.74) is 6.96. The molecule has 12 aliphatic rings. The number of hydrogen-bond donors (Lipinski definition) is 0. The molecule has 12 aliphatic carbocycles. The Morgan fingerprint density at radius 2 is 0.370 bits per heavy atom. The molecule has 0 N–H and O–H groups in total. The van der Waals surface area contributed by atoms with Gasteiger partial charge < -0.3 is 14.2 Å². The molecule has 0 radical (unpaired) electrons. The van der Waals surface area contributed by atoms with Crippen LogP contribution >= 0.6 is 0 Å². The summed E-state index contributed by atoms with van der Waals surface area (Å²) in [6.45, 7) is 42.5. The summed E-state index contributed by atoms with van der Waals surface area (Å²) in [5.74, 6) is -13.3. The highest BCUT2D eigenvalue weighted by atomic mass is 32.2. The Kier molecular flexibility index (Phi) is 30.7. The number of halogens is 6. The minimum Gasteiger partial charge on any atom is -0.455 e. The van der Waals surface area contributed by atoms with Gasteiger partial charge in [-0.1, -0.05) is 252 Å². The number of carbonyl (C=O) groups excluding carboxylic acids is 6. The van der Waals surface area contributed by atoms with Gasteiger partial charge >= 0.3 is 35.7 Å². The van der Waals surface area contributed by atoms with Gasteiger partial charge in [0.15, 0.2) is 44.1 Å². The maximum absolute atomic E-state index is 12.9. The Balaban J connectivity index is 0.000000139. The van der Waals surface area contributed by atoms with Crippen LogP contribution in [0.2, 0.25) is 0 Å². The van der Waals surface area contributed by atoms with Crippen LogP contribution < -0.4 is 0 Å². The van der Waals surface area contributed by atoms with Gasteiger partial charge in [0, 0.05) is 56.3 Å². The summed E-state index contributed by atoms with van der Waals surface area (Å²) in [7, 11) is -0.254. The normalized spacial score (nSPS) is 24.3. The zero-order valence-corrected chi connectivity index (χ0v) is 85.4. The van der Waals surface area contributed by atoms with Crippen LogP contribution in [0.25, 0.3) is 0 Å². The van der Waals surface area contributed by atoms with Crippen LogP contribution in [0.5, 0.6) is 0 Å². The van der Waals surface area contributed by atoms with Crippen molar-refractivity contribution in [1.29, 1.82) is 0 Å². The number of benzene rings is 9. The van der Waals surface area contributed by atoms with Crippen molar-refractivity contribution in [3.63, 3.8) is 0 Å². The first-order valence-corrected chi connectivity index (χ1v) is 52.0. The minimum atomic E-state index is -3.45. The molecule has 18 heteroatoms. The molecular formula is C117H141F6O9S3+3. The smallest absolute Gasteiger partial charge is 0.377 e. The van der Waals surface area contributed by atoms with E-state index >= 15 is 0 Å². The molecular weight excluding hydrogens is 1760 g/mol. The average Bonchev–Trinajstić information content (AvgIpc) is 0.738. The molecule has 0 heterocycles. The van der Waals surface area contributed by atoms with Crippen LogP contribution in [-0.4, -0.2) is 69.8 Å². The highest BCUT2D eigenvalue weighted by molar-refractivity contribution is 7.97. The van der Waals surface area contributed by atoms with E-state index in [4.69, 9.17) is 14.2 Å². The van der Waals surface area contributed by atoms with Gasteiger partial charge in [0.05, 0.1) is 32.7 Å². The molecule has 9 aromatic carbocycles. The number of esters is 3. The maximum atomic E-state index is 12.9. The van der Waals surface area contributed by atoms with Crippen LogP contribution in [0.4, 0.5) is 26.3 Å². The molecule has 135 heavy (non-hydrogen) atoms. The summed E-state index contributed by atoms with van der Waals surface area (Å²) in [6.07, 6.45) is 9.68. The van der Waals surface area contributed by atoms with Crippen LogP contribution in [0.1, 0.15) is 275 Å². The van der Waals surface area contributed by atoms with Crippen LogP contribution in [-0.2, 0) is 108 Å². The van der Waals surface area contributed by atoms with Crippen molar-refractivity contribution in [2.75, 3.05) is 0 Å². The fraction of sp³-hybridized carbons (Fsp3) is 0.487. The predicted molar refractivity (Wildman–Crippen MR) is 531 cm³/mol. The highest BCUT2D eigenvalue weighted by Gasteiger charge is 2.62. The molecule has 0 aliphatic heterocycles. The van der Waals surface area contributed by atoms with E-state index in [9.17, 15) is 55.1 Å². The van der Waals surface area contributed by atoms with E-state index in [2.05, 4.69) is 361 Å². The SMILES string of the molecule is CC(C)(C)c1ccc([S+](c2ccc(C(C)(C)C)cc2)c2ccc(C(C)(C)C)cc2)cc1.CC(C)(C)c1ccc([S+](c2ccccc2)c2ccc(C(C)(C)C)cc2)cc1.CC(C)(C)c1ccc([S+](c2ccccc2)c2ccccc2)cc1.CC(F)(F)C(=O)OC12CC3CC(C1)C(=O)C(C3)C2.CC(F)(F)C(=O)OC12CC3CC(C1)C(=O)C(C3)C2.CC(F)(F)C(=O)OC12CC3CC(C1)C(=O)C(C3)C2. The lowest BCUT2D eigenvalue weighted by atomic mass is 9.53. The van der Waals surface area contributed by atoms with Gasteiger partial charge in [-0.15, -0.1) is 0 Å². The standard InChI is InChI=1S/C30H39S.C26H31S.C22H23S.3C13H16F2O3/c1-28(2,3)22-10-16-25(17-11-22)31(26-18-12-23(13-19-26)29(4,5)6)27-20-14-24(15-21-27)30(7,8)9;1-25(2,3)20-12-16-23(17-13-20)27(22-10-8-7-9-11-22)24-18-14-21(15-19-24)26(4,5)6;1-22(2,3)18-14-16-21(17-15-18)23(19-10-6-4-7-11-19)20-12-8-5-9-13-20;3*1-12(14,15)11(17)18-13-4-7-2-8(5-13)10(16)9(3-7)6-13/h10-21H,1-9H3;7-19H,1-6H3;4-17H,1-3H3;3*7-9H,2-6H2,1H3/q3*+1;;;. The van der Waals surface area contributed by atoms with Crippen molar-refractivity contribution in [2.24, 2.45) is 53.3 Å². The van der Waals surface area contributed by atoms with Crippen molar-refractivity contribution in [1.82, 2.24) is 0 Å². The van der Waals surface area contributed by atoms with E-state index in [1.807, 2.05) is 0 Å². The summed E-state index contributed by atoms with van der Waals surface area (Å²) in [5, 5.41) is 0. The lowest BCUT2D eigenvalue weighted by Gasteiger charge is -2.54. The quantitative estimate of drug-likeness (QED) is 0.0426. The summed E-state index contributed by atoms with van der Waals surface area (Å²) in [6, 6.07) is 87.9. The van der Waals surface area contributed by atoms with E-state index in [1.54, 1.807) is 0 Å². The van der Waals surface area contributed by atoms with Gasteiger partial charge in [-0.05, 0) is 289 Å². The summed E-state index contributed by atoms with van der Waals surface area (Å²) in [4.78, 5) is 82.2. The van der Waals surface area contributed by atoms with E-state index in [0.29, 0.717) is 96.3 Å². The zero-order chi connectivity index (χ0) is 98.4. The molecule has 0 spiro atoms. The summed E-state index contributed by atoms with van der Waals surface area (Å²) >= 11 is 0. The first kappa shape index (κ1) is 103. The molecule has 12 bridgehead atoms. The largest absolute Gasteiger partial charge is 0.455 e. The molecule has 9 nitrogen and oxygen atoms in total. The minimum absolute atomic E-state index is 0.0497. The second kappa shape index (κ2) is 40.1. The van der Waals surface area contributed by atoms with Gasteiger partial charge in [-0.25, -0.2) is 14.4 Å². The third kappa shape index (κ3) is 25.4. The average molecular weight is 1900 g/mol. The van der Waals surface area contributed by atoms with E-state index in [0.717, 1.165) is 38.5 Å². The number of hydrogen-bond acceptors (Lipinski definition) is 9. The van der Waals surface area contributed by atoms with Crippen LogP contribution in [0.3, 0.4) is 0 Å². The Labute approximate surface area is 807 Å². The van der Waals surface area contributed by atoms with Gasteiger partial charge in [-0.2, -0.15) is 26.3 Å². The predicted octanol–water partition coefficient (Wildman–Crippen LogP) is 29.1. The van der Waals surface area contributed by atoms with E-state index in [-0.39, 0.29) is 118 Å². The van der Waals surface area contributed by atoms with Gasteiger partial charge in [0.1, 0.15) is 34.2 Å². The molecule has 720 valence electrons. The second-order valence-corrected chi connectivity index (χ2v) is 52.2. The van der Waals surface area contributed by atoms with Crippen molar-refractivity contribution in [2.45, 2.75) is 353 Å². The molecule has 21 rings (SSSR count). The number of ketones is 3. The van der Waals surface area contributed by atoms with E-state index < -0.39 is 52.5 Å². The summed E-state index contributed by atoms with van der Waals surface area (Å²) < 4.78 is 93.0. The number of ether oxygens (including phenoxy) is 3.